The molecule has 0 bridgehead atoms. The Morgan fingerprint density at radius 3 is 2.80 bits per heavy atom. The third kappa shape index (κ3) is 2.25. The van der Waals surface area contributed by atoms with E-state index in [4.69, 9.17) is 0 Å². The van der Waals surface area contributed by atoms with Gasteiger partial charge in [-0.15, -0.1) is 0 Å². The second-order valence-corrected chi connectivity index (χ2v) is 5.78. The number of hydrogen-bond acceptors (Lipinski definition) is 2. The average molecular weight is 211 g/mol. The Morgan fingerprint density at radius 1 is 1.47 bits per heavy atom. The molecule has 0 radical (unpaired) electrons. The van der Waals surface area contributed by atoms with Crippen LogP contribution in [0, 0.1) is 5.41 Å². The largest absolute Gasteiger partial charge is 0.322 e. The first-order valence-corrected chi connectivity index (χ1v) is 5.74. The van der Waals surface area contributed by atoms with Crippen LogP contribution in [0.2, 0.25) is 0 Å². The topological polar surface area (TPSA) is 35.6 Å². The summed E-state index contributed by atoms with van der Waals surface area (Å²) >= 11 is 0. The van der Waals surface area contributed by atoms with Crippen molar-refractivity contribution in [3.05, 3.63) is 0 Å². The lowest BCUT2D eigenvalue weighted by molar-refractivity contribution is 0.169. The number of piperazine rings is 1. The summed E-state index contributed by atoms with van der Waals surface area (Å²) in [6.07, 6.45) is 0. The fourth-order valence-electron chi connectivity index (χ4n) is 2.39. The van der Waals surface area contributed by atoms with Gasteiger partial charge in [0.25, 0.3) is 0 Å². The number of nitrogens with one attached hydrogen (secondary N) is 1. The zero-order valence-corrected chi connectivity index (χ0v) is 9.92. The lowest BCUT2D eigenvalue weighted by atomic mass is 9.96. The standard InChI is InChI=1S/C11H21N3O/c1-11(2,3)8-13-7-9-6-12-4-5-14(9)10(13)15/h9,12H,4-8H2,1-3H3/t9-/m0/s1. The SMILES string of the molecule is CC(C)(C)CN1C[C@@H]2CNCCN2C1=O. The Morgan fingerprint density at radius 2 is 2.20 bits per heavy atom. The minimum absolute atomic E-state index is 0.192. The molecule has 2 aliphatic heterocycles. The van der Waals surface area contributed by atoms with Crippen LogP contribution in [0.15, 0.2) is 0 Å². The lowest BCUT2D eigenvalue weighted by Gasteiger charge is -2.28. The first-order chi connectivity index (χ1) is 6.97. The molecule has 0 spiro atoms. The summed E-state index contributed by atoms with van der Waals surface area (Å²) in [4.78, 5) is 16.1. The van der Waals surface area contributed by atoms with Gasteiger partial charge in [-0.25, -0.2) is 4.79 Å². The van der Waals surface area contributed by atoms with Gasteiger partial charge in [0, 0.05) is 32.7 Å². The molecule has 86 valence electrons. The van der Waals surface area contributed by atoms with E-state index in [1.165, 1.54) is 0 Å². The van der Waals surface area contributed by atoms with Gasteiger partial charge in [-0.3, -0.25) is 0 Å². The second kappa shape index (κ2) is 3.67. The Kier molecular flexibility index (Phi) is 2.63. The van der Waals surface area contributed by atoms with Crippen LogP contribution in [0.25, 0.3) is 0 Å². The molecular weight excluding hydrogens is 190 g/mol. The third-order valence-electron chi connectivity index (χ3n) is 2.96. The smallest absolute Gasteiger partial charge is 0.320 e. The van der Waals surface area contributed by atoms with Crippen molar-refractivity contribution in [3.63, 3.8) is 0 Å². The number of fused-ring (bicyclic) bond motifs is 1. The molecule has 2 heterocycles. The van der Waals surface area contributed by atoms with E-state index in [1.807, 2.05) is 9.80 Å². The maximum Gasteiger partial charge on any atom is 0.320 e. The summed E-state index contributed by atoms with van der Waals surface area (Å²) in [5, 5.41) is 3.34. The van der Waals surface area contributed by atoms with Crippen molar-refractivity contribution in [1.82, 2.24) is 15.1 Å². The normalized spacial score (nSPS) is 27.1. The minimum Gasteiger partial charge on any atom is -0.322 e. The van der Waals surface area contributed by atoms with Crippen LogP contribution in [0.1, 0.15) is 20.8 Å². The highest BCUT2D eigenvalue weighted by molar-refractivity contribution is 5.77. The van der Waals surface area contributed by atoms with Crippen molar-refractivity contribution < 1.29 is 4.79 Å². The van der Waals surface area contributed by atoms with Gasteiger partial charge in [0.05, 0.1) is 6.04 Å². The monoisotopic (exact) mass is 211 g/mol. The molecular formula is C11H21N3O. The molecule has 4 heteroatoms. The van der Waals surface area contributed by atoms with Gasteiger partial charge in [0.15, 0.2) is 0 Å². The molecule has 0 aromatic heterocycles. The molecule has 0 aromatic carbocycles. The zero-order chi connectivity index (χ0) is 11.1. The number of rotatable bonds is 1. The van der Waals surface area contributed by atoms with Crippen molar-refractivity contribution in [2.45, 2.75) is 26.8 Å². The summed E-state index contributed by atoms with van der Waals surface area (Å²) in [6.45, 7) is 11.0. The van der Waals surface area contributed by atoms with Crippen molar-refractivity contribution in [1.29, 1.82) is 0 Å². The van der Waals surface area contributed by atoms with Crippen molar-refractivity contribution in [3.8, 4) is 0 Å². The van der Waals surface area contributed by atoms with Crippen molar-refractivity contribution in [2.75, 3.05) is 32.7 Å². The van der Waals surface area contributed by atoms with Gasteiger partial charge in [0.1, 0.15) is 0 Å². The molecule has 2 rings (SSSR count). The van der Waals surface area contributed by atoms with E-state index in [2.05, 4.69) is 26.1 Å². The zero-order valence-electron chi connectivity index (χ0n) is 9.92. The first kappa shape index (κ1) is 10.7. The van der Waals surface area contributed by atoms with Gasteiger partial charge < -0.3 is 15.1 Å². The minimum atomic E-state index is 0.192. The number of amides is 2. The highest BCUT2D eigenvalue weighted by atomic mass is 16.2. The molecule has 1 atom stereocenters. The third-order valence-corrected chi connectivity index (χ3v) is 2.96. The maximum atomic E-state index is 12.0. The molecule has 0 aromatic rings. The van der Waals surface area contributed by atoms with E-state index in [0.29, 0.717) is 6.04 Å². The Balaban J connectivity index is 2.01. The summed E-state index contributed by atoms with van der Waals surface area (Å²) in [5.41, 5.74) is 0.192. The Hall–Kier alpha value is -0.770. The summed E-state index contributed by atoms with van der Waals surface area (Å²) in [6, 6.07) is 0.630. The fraction of sp³-hybridized carbons (Fsp3) is 0.909. The van der Waals surface area contributed by atoms with E-state index >= 15 is 0 Å². The molecule has 0 unspecified atom stereocenters. The highest BCUT2D eigenvalue weighted by Crippen LogP contribution is 2.22. The number of carbonyl (C=O) groups excluding carboxylic acids is 1. The fourth-order valence-corrected chi connectivity index (χ4v) is 2.39. The Labute approximate surface area is 91.6 Å². The van der Waals surface area contributed by atoms with Crippen LogP contribution in [-0.2, 0) is 0 Å². The van der Waals surface area contributed by atoms with Gasteiger partial charge in [0.2, 0.25) is 0 Å². The molecule has 0 saturated carbocycles. The van der Waals surface area contributed by atoms with E-state index in [1.54, 1.807) is 0 Å². The molecule has 2 amide bonds. The quantitative estimate of drug-likeness (QED) is 0.694. The van der Waals surface area contributed by atoms with E-state index in [-0.39, 0.29) is 11.4 Å². The highest BCUT2D eigenvalue weighted by Gasteiger charge is 2.39. The van der Waals surface area contributed by atoms with Crippen LogP contribution in [0.4, 0.5) is 4.79 Å². The number of nitrogens with zero attached hydrogens (tertiary/aromatic N) is 2. The summed E-state index contributed by atoms with van der Waals surface area (Å²) in [5.74, 6) is 0. The number of urea groups is 1. The van der Waals surface area contributed by atoms with Crippen LogP contribution in [0.5, 0.6) is 0 Å². The number of hydrogen-bond donors (Lipinski definition) is 1. The maximum absolute atomic E-state index is 12.0. The second-order valence-electron chi connectivity index (χ2n) is 5.78. The Bertz CT molecular complexity index is 259. The summed E-state index contributed by atoms with van der Waals surface area (Å²) in [7, 11) is 0. The predicted octanol–water partition coefficient (Wildman–Crippen LogP) is 0.742. The average Bonchev–Trinajstić information content (AvgIpc) is 2.42. The van der Waals surface area contributed by atoms with Gasteiger partial charge in [-0.2, -0.15) is 0 Å². The number of carbonyl (C=O) groups is 1. The van der Waals surface area contributed by atoms with Crippen molar-refractivity contribution in [2.24, 2.45) is 5.41 Å². The molecule has 0 aliphatic carbocycles. The van der Waals surface area contributed by atoms with Crippen LogP contribution < -0.4 is 5.32 Å². The molecule has 2 saturated heterocycles. The molecule has 2 aliphatic rings. The van der Waals surface area contributed by atoms with Crippen LogP contribution >= 0.6 is 0 Å². The van der Waals surface area contributed by atoms with Gasteiger partial charge >= 0.3 is 6.03 Å². The van der Waals surface area contributed by atoms with E-state index in [0.717, 1.165) is 32.7 Å². The lowest BCUT2D eigenvalue weighted by Crippen LogP contribution is -2.49. The predicted molar refractivity (Wildman–Crippen MR) is 59.8 cm³/mol. The molecule has 15 heavy (non-hydrogen) atoms. The summed E-state index contributed by atoms with van der Waals surface area (Å²) < 4.78 is 0. The van der Waals surface area contributed by atoms with Gasteiger partial charge in [-0.1, -0.05) is 20.8 Å². The molecule has 1 N–H and O–H groups in total. The first-order valence-electron chi connectivity index (χ1n) is 5.74. The van der Waals surface area contributed by atoms with E-state index in [9.17, 15) is 4.79 Å². The molecule has 2 fully saturated rings. The van der Waals surface area contributed by atoms with Crippen molar-refractivity contribution >= 4 is 6.03 Å². The van der Waals surface area contributed by atoms with Crippen LogP contribution in [0.3, 0.4) is 0 Å². The van der Waals surface area contributed by atoms with Gasteiger partial charge in [-0.05, 0) is 5.41 Å². The van der Waals surface area contributed by atoms with Crippen LogP contribution in [-0.4, -0.2) is 54.6 Å². The molecule has 4 nitrogen and oxygen atoms in total. The van der Waals surface area contributed by atoms with E-state index < -0.39 is 0 Å².